The fourth-order valence-electron chi connectivity index (χ4n) is 4.25. The average molecular weight is 500 g/mol. The molecule has 0 unspecified atom stereocenters. The molecule has 3 aromatic carbocycles. The van der Waals surface area contributed by atoms with Crippen LogP contribution in [0.3, 0.4) is 0 Å². The first-order valence-electron chi connectivity index (χ1n) is 12.2. The van der Waals surface area contributed by atoms with Crippen LogP contribution in [0.25, 0.3) is 11.0 Å². The highest BCUT2D eigenvalue weighted by Crippen LogP contribution is 2.38. The average Bonchev–Trinajstić information content (AvgIpc) is 3.54. The first-order valence-corrected chi connectivity index (χ1v) is 12.2. The predicted molar refractivity (Wildman–Crippen MR) is 139 cm³/mol. The van der Waals surface area contributed by atoms with Gasteiger partial charge >= 0.3 is 0 Å². The van der Waals surface area contributed by atoms with Gasteiger partial charge in [-0.2, -0.15) is 0 Å². The van der Waals surface area contributed by atoms with E-state index in [9.17, 15) is 9.59 Å². The number of hydrogen-bond donors (Lipinski definition) is 1. The van der Waals surface area contributed by atoms with E-state index in [2.05, 4.69) is 15.6 Å². The van der Waals surface area contributed by atoms with Gasteiger partial charge in [0.1, 0.15) is 18.1 Å². The molecular formula is C28H29N5O4. The third-order valence-electron chi connectivity index (χ3n) is 6.58. The molecule has 0 spiro atoms. The Hall–Kier alpha value is -4.40. The number of carbonyl (C=O) groups excluding carboxylic acids is 2. The van der Waals surface area contributed by atoms with E-state index < -0.39 is 11.6 Å². The Labute approximate surface area is 215 Å². The number of nitrogens with one attached hydrogen (secondary N) is 1. The second kappa shape index (κ2) is 9.93. The van der Waals surface area contributed by atoms with Gasteiger partial charge in [0.15, 0.2) is 11.5 Å². The van der Waals surface area contributed by atoms with Gasteiger partial charge in [-0.25, -0.2) is 4.68 Å². The highest BCUT2D eigenvalue weighted by atomic mass is 16.7. The second-order valence-corrected chi connectivity index (χ2v) is 9.58. The van der Waals surface area contributed by atoms with E-state index in [1.807, 2.05) is 75.4 Å². The van der Waals surface area contributed by atoms with Gasteiger partial charge in [0, 0.05) is 17.3 Å². The predicted octanol–water partition coefficient (Wildman–Crippen LogP) is 4.24. The molecule has 5 rings (SSSR count). The first-order chi connectivity index (χ1) is 17.9. The van der Waals surface area contributed by atoms with Crippen LogP contribution in [-0.4, -0.2) is 39.1 Å². The summed E-state index contributed by atoms with van der Waals surface area (Å²) in [4.78, 5) is 29.5. The lowest BCUT2D eigenvalue weighted by Gasteiger charge is -2.34. The molecular weight excluding hydrogens is 470 g/mol. The maximum absolute atomic E-state index is 14.1. The molecule has 1 aromatic heterocycles. The van der Waals surface area contributed by atoms with Crippen molar-refractivity contribution < 1.29 is 19.1 Å². The zero-order chi connectivity index (χ0) is 26.0. The van der Waals surface area contributed by atoms with E-state index in [4.69, 9.17) is 9.47 Å². The minimum atomic E-state index is -0.935. The molecule has 37 heavy (non-hydrogen) atoms. The van der Waals surface area contributed by atoms with Crippen LogP contribution in [0.2, 0.25) is 0 Å². The molecule has 1 atom stereocenters. The standard InChI is InChI=1S/C28H29N5O4/c1-4-28(2,3)29-27(35)26(19-10-6-5-7-11-19)33(20-14-15-23-24(16-20)37-18-36-23)25(34)17-32-22-13-9-8-12-21(22)30-31-32/h5-16,26H,4,17-18H2,1-3H3,(H,29,35)/t26-/m0/s1. The van der Waals surface area contributed by atoms with Crippen molar-refractivity contribution in [1.29, 1.82) is 0 Å². The molecule has 0 bridgehead atoms. The summed E-state index contributed by atoms with van der Waals surface area (Å²) >= 11 is 0. The Balaban J connectivity index is 1.60. The minimum absolute atomic E-state index is 0.102. The quantitative estimate of drug-likeness (QED) is 0.389. The number of carbonyl (C=O) groups is 2. The lowest BCUT2D eigenvalue weighted by molar-refractivity contribution is -0.128. The zero-order valence-corrected chi connectivity index (χ0v) is 21.0. The van der Waals surface area contributed by atoms with Crippen molar-refractivity contribution in [3.63, 3.8) is 0 Å². The van der Waals surface area contributed by atoms with Crippen molar-refractivity contribution in [2.24, 2.45) is 0 Å². The maximum Gasteiger partial charge on any atom is 0.249 e. The number of nitrogens with zero attached hydrogens (tertiary/aromatic N) is 4. The molecule has 0 saturated carbocycles. The smallest absolute Gasteiger partial charge is 0.249 e. The van der Waals surface area contributed by atoms with Gasteiger partial charge in [-0.05, 0) is 50.1 Å². The molecule has 0 fully saturated rings. The summed E-state index contributed by atoms with van der Waals surface area (Å²) in [5, 5.41) is 11.5. The largest absolute Gasteiger partial charge is 0.454 e. The molecule has 0 radical (unpaired) electrons. The van der Waals surface area contributed by atoms with Crippen molar-refractivity contribution in [2.75, 3.05) is 11.7 Å². The van der Waals surface area contributed by atoms with Crippen LogP contribution in [0.4, 0.5) is 5.69 Å². The third-order valence-corrected chi connectivity index (χ3v) is 6.58. The molecule has 4 aromatic rings. The number of para-hydroxylation sites is 1. The SMILES string of the molecule is CCC(C)(C)NC(=O)[C@H](c1ccccc1)N(C(=O)Cn1nnc2ccccc21)c1ccc2c(c1)OCO2. The summed E-state index contributed by atoms with van der Waals surface area (Å²) < 4.78 is 12.6. The molecule has 9 nitrogen and oxygen atoms in total. The maximum atomic E-state index is 14.1. The summed E-state index contributed by atoms with van der Waals surface area (Å²) in [6, 6.07) is 21.0. The van der Waals surface area contributed by atoms with Gasteiger partial charge < -0.3 is 14.8 Å². The van der Waals surface area contributed by atoms with Crippen molar-refractivity contribution in [3.8, 4) is 11.5 Å². The molecule has 9 heteroatoms. The number of ether oxygens (including phenoxy) is 2. The Morgan fingerprint density at radius 2 is 1.76 bits per heavy atom. The summed E-state index contributed by atoms with van der Waals surface area (Å²) in [6.45, 7) is 5.92. The molecule has 2 amide bonds. The summed E-state index contributed by atoms with van der Waals surface area (Å²) in [6.07, 6.45) is 0.725. The summed E-state index contributed by atoms with van der Waals surface area (Å²) in [5.74, 6) is 0.495. The fourth-order valence-corrected chi connectivity index (χ4v) is 4.25. The Morgan fingerprint density at radius 1 is 1.03 bits per heavy atom. The highest BCUT2D eigenvalue weighted by molar-refractivity contribution is 6.02. The lowest BCUT2D eigenvalue weighted by atomic mass is 9.98. The van der Waals surface area contributed by atoms with Gasteiger partial charge in [0.25, 0.3) is 0 Å². The molecule has 0 saturated heterocycles. The van der Waals surface area contributed by atoms with Gasteiger partial charge in [-0.3, -0.25) is 14.5 Å². The van der Waals surface area contributed by atoms with Crippen LogP contribution in [0.5, 0.6) is 11.5 Å². The van der Waals surface area contributed by atoms with E-state index in [0.717, 1.165) is 11.9 Å². The molecule has 0 aliphatic carbocycles. The van der Waals surface area contributed by atoms with Gasteiger partial charge in [0.05, 0.1) is 5.52 Å². The van der Waals surface area contributed by atoms with Crippen LogP contribution in [-0.2, 0) is 16.1 Å². The number of aromatic nitrogens is 3. The molecule has 190 valence electrons. The van der Waals surface area contributed by atoms with Crippen LogP contribution >= 0.6 is 0 Å². The topological polar surface area (TPSA) is 98.6 Å². The number of rotatable bonds is 8. The monoisotopic (exact) mass is 499 g/mol. The molecule has 1 aliphatic rings. The van der Waals surface area contributed by atoms with E-state index in [1.54, 1.807) is 22.9 Å². The van der Waals surface area contributed by atoms with Crippen LogP contribution in [0.1, 0.15) is 38.8 Å². The fraction of sp³-hybridized carbons (Fsp3) is 0.286. The number of fused-ring (bicyclic) bond motifs is 2. The summed E-state index contributed by atoms with van der Waals surface area (Å²) in [7, 11) is 0. The van der Waals surface area contributed by atoms with Crippen LogP contribution in [0, 0.1) is 0 Å². The normalized spacial score (nSPS) is 13.4. The Kier molecular flexibility index (Phi) is 6.52. The van der Waals surface area contributed by atoms with E-state index in [0.29, 0.717) is 28.3 Å². The van der Waals surface area contributed by atoms with Gasteiger partial charge in [0.2, 0.25) is 18.6 Å². The highest BCUT2D eigenvalue weighted by Gasteiger charge is 2.36. The number of anilines is 1. The van der Waals surface area contributed by atoms with E-state index >= 15 is 0 Å². The van der Waals surface area contributed by atoms with Gasteiger partial charge in [-0.15, -0.1) is 5.10 Å². The van der Waals surface area contributed by atoms with Gasteiger partial charge in [-0.1, -0.05) is 54.6 Å². The summed E-state index contributed by atoms with van der Waals surface area (Å²) in [5.41, 5.74) is 2.15. The lowest BCUT2D eigenvalue weighted by Crippen LogP contribution is -2.51. The first kappa shape index (κ1) is 24.3. The minimum Gasteiger partial charge on any atom is -0.454 e. The molecule has 2 heterocycles. The molecule has 1 N–H and O–H groups in total. The third kappa shape index (κ3) is 4.97. The number of benzene rings is 3. The Morgan fingerprint density at radius 3 is 2.54 bits per heavy atom. The van der Waals surface area contributed by atoms with Crippen LogP contribution < -0.4 is 19.7 Å². The van der Waals surface area contributed by atoms with Crippen LogP contribution in [0.15, 0.2) is 72.8 Å². The van der Waals surface area contributed by atoms with Crippen molar-refractivity contribution in [2.45, 2.75) is 45.3 Å². The van der Waals surface area contributed by atoms with Crippen molar-refractivity contribution in [1.82, 2.24) is 20.3 Å². The molecule has 1 aliphatic heterocycles. The zero-order valence-electron chi connectivity index (χ0n) is 21.0. The number of amides is 2. The van der Waals surface area contributed by atoms with E-state index in [-0.39, 0.29) is 25.2 Å². The van der Waals surface area contributed by atoms with E-state index in [1.165, 1.54) is 4.90 Å². The second-order valence-electron chi connectivity index (χ2n) is 9.58. The Bertz CT molecular complexity index is 1430. The van der Waals surface area contributed by atoms with Crippen molar-refractivity contribution >= 4 is 28.5 Å². The number of hydrogen-bond acceptors (Lipinski definition) is 6. The van der Waals surface area contributed by atoms with Crippen molar-refractivity contribution in [3.05, 3.63) is 78.4 Å².